The minimum absolute atomic E-state index is 0.0530. The SMILES string of the molecule is CC(CCC(=O)N1CCCC2OCC(=O)C21)COCc1ccccc1. The predicted octanol–water partition coefficient (Wildman–Crippen LogP) is 2.58. The summed E-state index contributed by atoms with van der Waals surface area (Å²) in [6.45, 7) is 4.16. The molecule has 2 saturated heterocycles. The molecule has 1 aromatic rings. The van der Waals surface area contributed by atoms with Gasteiger partial charge in [0.15, 0.2) is 5.78 Å². The molecule has 5 heteroatoms. The number of hydrogen-bond donors (Lipinski definition) is 0. The van der Waals surface area contributed by atoms with Gasteiger partial charge in [-0.05, 0) is 30.7 Å². The number of fused-ring (bicyclic) bond motifs is 1. The summed E-state index contributed by atoms with van der Waals surface area (Å²) in [7, 11) is 0. The molecular weight excluding hydrogens is 318 g/mol. The molecule has 1 aromatic carbocycles. The van der Waals surface area contributed by atoms with E-state index in [9.17, 15) is 9.59 Å². The molecule has 0 aliphatic carbocycles. The molecule has 0 spiro atoms. The first-order valence-corrected chi connectivity index (χ1v) is 9.20. The van der Waals surface area contributed by atoms with Crippen LogP contribution < -0.4 is 0 Å². The Kier molecular flexibility index (Phi) is 6.21. The second-order valence-electron chi connectivity index (χ2n) is 7.13. The molecule has 136 valence electrons. The molecule has 2 fully saturated rings. The normalized spacial score (nSPS) is 24.2. The Morgan fingerprint density at radius 3 is 2.96 bits per heavy atom. The first kappa shape index (κ1) is 18.1. The minimum Gasteiger partial charge on any atom is -0.376 e. The van der Waals surface area contributed by atoms with E-state index in [0.29, 0.717) is 32.1 Å². The van der Waals surface area contributed by atoms with Crippen LogP contribution in [0.15, 0.2) is 30.3 Å². The zero-order valence-corrected chi connectivity index (χ0v) is 14.9. The molecule has 3 rings (SSSR count). The van der Waals surface area contributed by atoms with E-state index < -0.39 is 0 Å². The van der Waals surface area contributed by atoms with Gasteiger partial charge >= 0.3 is 0 Å². The van der Waals surface area contributed by atoms with Crippen molar-refractivity contribution in [2.24, 2.45) is 5.92 Å². The first-order valence-electron chi connectivity index (χ1n) is 9.20. The molecular formula is C20H27NO4. The number of Topliss-reactive ketones (excluding diaryl/α,β-unsaturated/α-hetero) is 1. The van der Waals surface area contributed by atoms with E-state index in [4.69, 9.17) is 9.47 Å². The molecule has 25 heavy (non-hydrogen) atoms. The van der Waals surface area contributed by atoms with Crippen molar-refractivity contribution in [2.75, 3.05) is 19.8 Å². The number of carbonyl (C=O) groups is 2. The second kappa shape index (κ2) is 8.59. The molecule has 3 atom stereocenters. The summed E-state index contributed by atoms with van der Waals surface area (Å²) in [5, 5.41) is 0. The highest BCUT2D eigenvalue weighted by Crippen LogP contribution is 2.27. The van der Waals surface area contributed by atoms with Gasteiger partial charge in [0.25, 0.3) is 0 Å². The average Bonchev–Trinajstić information content (AvgIpc) is 3.02. The predicted molar refractivity (Wildman–Crippen MR) is 94.0 cm³/mol. The highest BCUT2D eigenvalue weighted by molar-refractivity contribution is 5.92. The molecule has 2 aliphatic heterocycles. The van der Waals surface area contributed by atoms with Crippen LogP contribution in [-0.2, 0) is 25.7 Å². The molecule has 5 nitrogen and oxygen atoms in total. The number of ketones is 1. The molecule has 0 bridgehead atoms. The Hall–Kier alpha value is -1.72. The van der Waals surface area contributed by atoms with Crippen molar-refractivity contribution in [3.63, 3.8) is 0 Å². The van der Waals surface area contributed by atoms with Gasteiger partial charge in [0.1, 0.15) is 12.6 Å². The van der Waals surface area contributed by atoms with Crippen LogP contribution in [0.1, 0.15) is 38.2 Å². The number of carbonyl (C=O) groups excluding carboxylic acids is 2. The maximum absolute atomic E-state index is 12.6. The van der Waals surface area contributed by atoms with Gasteiger partial charge in [-0.3, -0.25) is 9.59 Å². The van der Waals surface area contributed by atoms with Crippen molar-refractivity contribution in [2.45, 2.75) is 51.4 Å². The van der Waals surface area contributed by atoms with Crippen molar-refractivity contribution in [3.05, 3.63) is 35.9 Å². The monoisotopic (exact) mass is 345 g/mol. The van der Waals surface area contributed by atoms with Gasteiger partial charge in [-0.25, -0.2) is 0 Å². The van der Waals surface area contributed by atoms with Crippen LogP contribution in [0.4, 0.5) is 0 Å². The molecule has 3 unspecified atom stereocenters. The lowest BCUT2D eigenvalue weighted by Gasteiger charge is -2.35. The van der Waals surface area contributed by atoms with E-state index in [0.717, 1.165) is 24.8 Å². The van der Waals surface area contributed by atoms with Gasteiger partial charge in [-0.15, -0.1) is 0 Å². The molecule has 0 aromatic heterocycles. The molecule has 2 aliphatic rings. The molecule has 1 amide bonds. The van der Waals surface area contributed by atoms with E-state index in [1.165, 1.54) is 0 Å². The van der Waals surface area contributed by atoms with Crippen molar-refractivity contribution >= 4 is 11.7 Å². The van der Waals surface area contributed by atoms with Gasteiger partial charge in [-0.1, -0.05) is 37.3 Å². The number of likely N-dealkylation sites (tertiary alicyclic amines) is 1. The number of rotatable bonds is 7. The van der Waals surface area contributed by atoms with Gasteiger partial charge in [0.2, 0.25) is 5.91 Å². The van der Waals surface area contributed by atoms with E-state index in [1.54, 1.807) is 4.90 Å². The number of amides is 1. The lowest BCUT2D eigenvalue weighted by atomic mass is 9.96. The summed E-state index contributed by atoms with van der Waals surface area (Å²) < 4.78 is 11.3. The topological polar surface area (TPSA) is 55.8 Å². The number of benzene rings is 1. The third kappa shape index (κ3) is 4.67. The van der Waals surface area contributed by atoms with E-state index in [1.807, 2.05) is 30.3 Å². The lowest BCUT2D eigenvalue weighted by molar-refractivity contribution is -0.141. The van der Waals surface area contributed by atoms with Crippen molar-refractivity contribution < 1.29 is 19.1 Å². The van der Waals surface area contributed by atoms with Crippen LogP contribution >= 0.6 is 0 Å². The summed E-state index contributed by atoms with van der Waals surface area (Å²) in [4.78, 5) is 26.3. The summed E-state index contributed by atoms with van der Waals surface area (Å²) in [6.07, 6.45) is 2.94. The standard InChI is InChI=1S/C20H27NO4/c1-15(12-24-13-16-6-3-2-4-7-16)9-10-19(23)21-11-5-8-18-20(21)17(22)14-25-18/h2-4,6-7,15,18,20H,5,8-14H2,1H3. The fourth-order valence-electron chi connectivity index (χ4n) is 3.62. The molecule has 2 heterocycles. The van der Waals surface area contributed by atoms with Crippen molar-refractivity contribution in [1.82, 2.24) is 4.90 Å². The largest absolute Gasteiger partial charge is 0.376 e. The average molecular weight is 345 g/mol. The van der Waals surface area contributed by atoms with E-state index in [-0.39, 0.29) is 30.4 Å². The quantitative estimate of drug-likeness (QED) is 0.762. The van der Waals surface area contributed by atoms with Gasteiger partial charge < -0.3 is 14.4 Å². The Morgan fingerprint density at radius 2 is 2.16 bits per heavy atom. The van der Waals surface area contributed by atoms with Crippen LogP contribution in [0.3, 0.4) is 0 Å². The summed E-state index contributed by atoms with van der Waals surface area (Å²) in [5.41, 5.74) is 1.16. The number of hydrogen-bond acceptors (Lipinski definition) is 4. The molecule has 0 radical (unpaired) electrons. The van der Waals surface area contributed by atoms with Crippen LogP contribution in [0, 0.1) is 5.92 Å². The first-order chi connectivity index (χ1) is 12.1. The molecule has 0 N–H and O–H groups in total. The fourth-order valence-corrected chi connectivity index (χ4v) is 3.62. The van der Waals surface area contributed by atoms with Gasteiger partial charge in [0, 0.05) is 19.6 Å². The Labute approximate surface area is 149 Å². The van der Waals surface area contributed by atoms with E-state index in [2.05, 4.69) is 6.92 Å². The Morgan fingerprint density at radius 1 is 1.36 bits per heavy atom. The zero-order valence-electron chi connectivity index (χ0n) is 14.9. The van der Waals surface area contributed by atoms with Crippen LogP contribution in [0.25, 0.3) is 0 Å². The van der Waals surface area contributed by atoms with Crippen molar-refractivity contribution in [1.29, 1.82) is 0 Å². The fraction of sp³-hybridized carbons (Fsp3) is 0.600. The highest BCUT2D eigenvalue weighted by atomic mass is 16.5. The molecule has 0 saturated carbocycles. The second-order valence-corrected chi connectivity index (χ2v) is 7.13. The van der Waals surface area contributed by atoms with Crippen molar-refractivity contribution in [3.8, 4) is 0 Å². The highest BCUT2D eigenvalue weighted by Gasteiger charge is 2.43. The summed E-state index contributed by atoms with van der Waals surface area (Å²) in [6, 6.07) is 9.74. The maximum atomic E-state index is 12.6. The minimum atomic E-state index is -0.342. The van der Waals surface area contributed by atoms with E-state index >= 15 is 0 Å². The van der Waals surface area contributed by atoms with Gasteiger partial charge in [-0.2, -0.15) is 0 Å². The van der Waals surface area contributed by atoms with Crippen LogP contribution in [0.5, 0.6) is 0 Å². The third-order valence-corrected chi connectivity index (χ3v) is 5.03. The zero-order chi connectivity index (χ0) is 17.6. The maximum Gasteiger partial charge on any atom is 0.223 e. The number of nitrogens with zero attached hydrogens (tertiary/aromatic N) is 1. The number of ether oxygens (including phenoxy) is 2. The smallest absolute Gasteiger partial charge is 0.223 e. The van der Waals surface area contributed by atoms with Crippen LogP contribution in [0.2, 0.25) is 0 Å². The summed E-state index contributed by atoms with van der Waals surface area (Å²) >= 11 is 0. The Bertz CT molecular complexity index is 589. The Balaban J connectivity index is 1.40. The lowest BCUT2D eigenvalue weighted by Crippen LogP contribution is -2.52. The third-order valence-electron chi connectivity index (χ3n) is 5.03. The van der Waals surface area contributed by atoms with Gasteiger partial charge in [0.05, 0.1) is 12.7 Å². The van der Waals surface area contributed by atoms with Crippen LogP contribution in [-0.4, -0.2) is 48.5 Å². The summed E-state index contributed by atoms with van der Waals surface area (Å²) in [5.74, 6) is 0.435. The number of piperidine rings is 1.